The number of aromatic carboxylic acids is 1. The fourth-order valence-corrected chi connectivity index (χ4v) is 1.74. The number of carbonyl (C=O) groups is 1. The van der Waals surface area contributed by atoms with Crippen molar-refractivity contribution < 1.29 is 14.3 Å². The molecule has 0 heterocycles. The lowest BCUT2D eigenvalue weighted by molar-refractivity contribution is 0.0695. The van der Waals surface area contributed by atoms with Gasteiger partial charge in [0.15, 0.2) is 0 Å². The molecule has 0 aromatic heterocycles. The molecular formula is C14H11FO2. The molecule has 3 heteroatoms. The van der Waals surface area contributed by atoms with Crippen LogP contribution in [-0.4, -0.2) is 11.1 Å². The van der Waals surface area contributed by atoms with Crippen LogP contribution in [0.3, 0.4) is 0 Å². The molecule has 0 saturated heterocycles. The van der Waals surface area contributed by atoms with Gasteiger partial charge in [0.1, 0.15) is 5.82 Å². The van der Waals surface area contributed by atoms with Gasteiger partial charge in [-0.1, -0.05) is 36.4 Å². The molecule has 0 aliphatic rings. The van der Waals surface area contributed by atoms with Gasteiger partial charge in [0.05, 0.1) is 5.56 Å². The molecular weight excluding hydrogens is 219 g/mol. The zero-order chi connectivity index (χ0) is 12.3. The fraction of sp³-hybridized carbons (Fsp3) is 0.0714. The van der Waals surface area contributed by atoms with Crippen LogP contribution in [0.2, 0.25) is 0 Å². The van der Waals surface area contributed by atoms with E-state index in [0.717, 1.165) is 5.56 Å². The zero-order valence-electron chi connectivity index (χ0n) is 9.06. The summed E-state index contributed by atoms with van der Waals surface area (Å²) in [6.07, 6.45) is 0.287. The van der Waals surface area contributed by atoms with Crippen molar-refractivity contribution in [1.29, 1.82) is 0 Å². The number of benzene rings is 2. The monoisotopic (exact) mass is 230 g/mol. The quantitative estimate of drug-likeness (QED) is 0.879. The lowest BCUT2D eigenvalue weighted by Gasteiger charge is -2.07. The van der Waals surface area contributed by atoms with Crippen molar-refractivity contribution in [2.45, 2.75) is 6.42 Å². The van der Waals surface area contributed by atoms with Crippen molar-refractivity contribution in [3.05, 3.63) is 71.0 Å². The summed E-state index contributed by atoms with van der Waals surface area (Å²) in [5.41, 5.74) is 1.14. The molecule has 1 N–H and O–H groups in total. The van der Waals surface area contributed by atoms with Gasteiger partial charge in [-0.3, -0.25) is 0 Å². The zero-order valence-corrected chi connectivity index (χ0v) is 9.06. The van der Waals surface area contributed by atoms with Crippen molar-refractivity contribution in [2.75, 3.05) is 0 Å². The molecule has 0 saturated carbocycles. The van der Waals surface area contributed by atoms with Crippen LogP contribution in [0.25, 0.3) is 0 Å². The third-order valence-electron chi connectivity index (χ3n) is 2.57. The van der Waals surface area contributed by atoms with E-state index in [2.05, 4.69) is 0 Å². The highest BCUT2D eigenvalue weighted by molar-refractivity contribution is 5.89. The first kappa shape index (κ1) is 11.3. The van der Waals surface area contributed by atoms with E-state index in [-0.39, 0.29) is 17.5 Å². The van der Waals surface area contributed by atoms with Gasteiger partial charge in [0, 0.05) is 12.0 Å². The van der Waals surface area contributed by atoms with E-state index in [9.17, 15) is 9.18 Å². The number of carboxylic acids is 1. The van der Waals surface area contributed by atoms with E-state index in [4.69, 9.17) is 5.11 Å². The van der Waals surface area contributed by atoms with E-state index >= 15 is 0 Å². The topological polar surface area (TPSA) is 37.3 Å². The number of rotatable bonds is 3. The summed E-state index contributed by atoms with van der Waals surface area (Å²) in [4.78, 5) is 11.0. The predicted octanol–water partition coefficient (Wildman–Crippen LogP) is 3.11. The predicted molar refractivity (Wildman–Crippen MR) is 62.6 cm³/mol. The molecule has 0 bridgehead atoms. The van der Waals surface area contributed by atoms with Crippen LogP contribution in [0.5, 0.6) is 0 Å². The van der Waals surface area contributed by atoms with Crippen molar-refractivity contribution in [3.63, 3.8) is 0 Å². The molecule has 2 aromatic rings. The van der Waals surface area contributed by atoms with Crippen molar-refractivity contribution in [2.24, 2.45) is 0 Å². The molecule has 86 valence electrons. The van der Waals surface area contributed by atoms with Crippen LogP contribution in [0.15, 0.2) is 48.5 Å². The Labute approximate surface area is 98.3 Å². The average Bonchev–Trinajstić information content (AvgIpc) is 2.33. The minimum atomic E-state index is -1.10. The molecule has 0 amide bonds. The van der Waals surface area contributed by atoms with Crippen molar-refractivity contribution >= 4 is 5.97 Å². The molecule has 0 aliphatic heterocycles. The highest BCUT2D eigenvalue weighted by atomic mass is 19.1. The Kier molecular flexibility index (Phi) is 3.19. The van der Waals surface area contributed by atoms with E-state index < -0.39 is 11.8 Å². The maximum atomic E-state index is 13.6. The SMILES string of the molecule is O=C(O)c1cccc(F)c1Cc1ccccc1. The second-order valence-corrected chi connectivity index (χ2v) is 3.73. The van der Waals surface area contributed by atoms with Crippen LogP contribution in [0.4, 0.5) is 4.39 Å². The van der Waals surface area contributed by atoms with E-state index in [0.29, 0.717) is 0 Å². The third kappa shape index (κ3) is 2.50. The Morgan fingerprint density at radius 1 is 1.06 bits per heavy atom. The lowest BCUT2D eigenvalue weighted by Crippen LogP contribution is -2.05. The van der Waals surface area contributed by atoms with Gasteiger partial charge in [-0.05, 0) is 17.7 Å². The molecule has 0 fully saturated rings. The van der Waals surface area contributed by atoms with E-state index in [1.807, 2.05) is 30.3 Å². The average molecular weight is 230 g/mol. The summed E-state index contributed by atoms with van der Waals surface area (Å²) in [7, 11) is 0. The molecule has 0 radical (unpaired) electrons. The first-order valence-corrected chi connectivity index (χ1v) is 5.23. The standard InChI is InChI=1S/C14H11FO2/c15-13-8-4-7-11(14(16)17)12(13)9-10-5-2-1-3-6-10/h1-8H,9H2,(H,16,17). The fourth-order valence-electron chi connectivity index (χ4n) is 1.74. The molecule has 0 unspecified atom stereocenters. The Hall–Kier alpha value is -2.16. The second kappa shape index (κ2) is 4.78. The van der Waals surface area contributed by atoms with Crippen molar-refractivity contribution in [1.82, 2.24) is 0 Å². The maximum absolute atomic E-state index is 13.6. The van der Waals surface area contributed by atoms with E-state index in [1.165, 1.54) is 18.2 Å². The molecule has 0 atom stereocenters. The molecule has 2 rings (SSSR count). The Morgan fingerprint density at radius 2 is 1.76 bits per heavy atom. The first-order chi connectivity index (χ1) is 8.18. The normalized spacial score (nSPS) is 10.2. The number of halogens is 1. The van der Waals surface area contributed by atoms with Gasteiger partial charge in [-0.2, -0.15) is 0 Å². The maximum Gasteiger partial charge on any atom is 0.336 e. The molecule has 2 nitrogen and oxygen atoms in total. The summed E-state index contributed by atoms with van der Waals surface area (Å²) >= 11 is 0. The molecule has 17 heavy (non-hydrogen) atoms. The van der Waals surface area contributed by atoms with Crippen molar-refractivity contribution in [3.8, 4) is 0 Å². The Bertz CT molecular complexity index is 535. The van der Waals surface area contributed by atoms with Crippen LogP contribution < -0.4 is 0 Å². The number of hydrogen-bond acceptors (Lipinski definition) is 1. The minimum Gasteiger partial charge on any atom is -0.478 e. The largest absolute Gasteiger partial charge is 0.478 e. The van der Waals surface area contributed by atoms with Crippen LogP contribution in [-0.2, 0) is 6.42 Å². The molecule has 0 spiro atoms. The number of hydrogen-bond donors (Lipinski definition) is 1. The molecule has 0 aliphatic carbocycles. The van der Waals surface area contributed by atoms with Gasteiger partial charge in [0.25, 0.3) is 0 Å². The van der Waals surface area contributed by atoms with Gasteiger partial charge >= 0.3 is 5.97 Å². The van der Waals surface area contributed by atoms with Crippen LogP contribution in [0.1, 0.15) is 21.5 Å². The van der Waals surface area contributed by atoms with Gasteiger partial charge in [-0.25, -0.2) is 9.18 Å². The Balaban J connectivity index is 2.41. The third-order valence-corrected chi connectivity index (χ3v) is 2.57. The Morgan fingerprint density at radius 3 is 2.41 bits per heavy atom. The lowest BCUT2D eigenvalue weighted by atomic mass is 9.99. The van der Waals surface area contributed by atoms with Crippen LogP contribution >= 0.6 is 0 Å². The van der Waals surface area contributed by atoms with Crippen LogP contribution in [0, 0.1) is 5.82 Å². The summed E-state index contributed by atoms with van der Waals surface area (Å²) in [6, 6.07) is 13.4. The van der Waals surface area contributed by atoms with Gasteiger partial charge in [-0.15, -0.1) is 0 Å². The van der Waals surface area contributed by atoms with Gasteiger partial charge < -0.3 is 5.11 Å². The minimum absolute atomic E-state index is 0.0221. The summed E-state index contributed by atoms with van der Waals surface area (Å²) < 4.78 is 13.6. The second-order valence-electron chi connectivity index (χ2n) is 3.73. The summed E-state index contributed by atoms with van der Waals surface area (Å²) in [5.74, 6) is -1.58. The highest BCUT2D eigenvalue weighted by Gasteiger charge is 2.14. The molecule has 2 aromatic carbocycles. The first-order valence-electron chi connectivity index (χ1n) is 5.23. The highest BCUT2D eigenvalue weighted by Crippen LogP contribution is 2.18. The summed E-state index contributed by atoms with van der Waals surface area (Å²) in [5, 5.41) is 9.00. The summed E-state index contributed by atoms with van der Waals surface area (Å²) in [6.45, 7) is 0. The van der Waals surface area contributed by atoms with E-state index in [1.54, 1.807) is 0 Å². The smallest absolute Gasteiger partial charge is 0.336 e. The number of carboxylic acid groups (broad SMARTS) is 1. The van der Waals surface area contributed by atoms with Gasteiger partial charge in [0.2, 0.25) is 0 Å².